The minimum absolute atomic E-state index is 0. The number of rotatable bonds is 8. The Balaban J connectivity index is 0.000000184. The third-order valence-electron chi connectivity index (χ3n) is 11.2. The fourth-order valence-electron chi connectivity index (χ4n) is 7.91. The van der Waals surface area contributed by atoms with Gasteiger partial charge >= 0.3 is 5.97 Å². The van der Waals surface area contributed by atoms with E-state index < -0.39 is 5.97 Å². The molecule has 2 aromatic carbocycles. The van der Waals surface area contributed by atoms with Gasteiger partial charge < -0.3 is 24.8 Å². The van der Waals surface area contributed by atoms with Crippen molar-refractivity contribution in [2.24, 2.45) is 11.8 Å². The number of aryl methyl sites for hydroxylation is 2. The van der Waals surface area contributed by atoms with Gasteiger partial charge in [0.05, 0.1) is 42.4 Å². The Morgan fingerprint density at radius 1 is 0.793 bits per heavy atom. The van der Waals surface area contributed by atoms with Gasteiger partial charge in [0.25, 0.3) is 0 Å². The summed E-state index contributed by atoms with van der Waals surface area (Å²) in [5.74, 6) is -0.341. The van der Waals surface area contributed by atoms with Gasteiger partial charge in [0, 0.05) is 73.5 Å². The smallest absolute Gasteiger partial charge is 0.303 e. The highest BCUT2D eigenvalue weighted by atomic mass is 35.5. The Morgan fingerprint density at radius 3 is 1.81 bits per heavy atom. The lowest BCUT2D eigenvalue weighted by Crippen LogP contribution is -2.38. The highest BCUT2D eigenvalue weighted by Crippen LogP contribution is 2.27. The van der Waals surface area contributed by atoms with Gasteiger partial charge in [0.2, 0.25) is 5.91 Å². The fourth-order valence-corrected chi connectivity index (χ4v) is 8.22. The molecule has 11 nitrogen and oxygen atoms in total. The van der Waals surface area contributed by atoms with E-state index >= 15 is 0 Å². The minimum Gasteiger partial charge on any atom is -0.481 e. The van der Waals surface area contributed by atoms with Crippen molar-refractivity contribution in [3.63, 3.8) is 0 Å². The molecule has 4 aliphatic heterocycles. The van der Waals surface area contributed by atoms with Crippen LogP contribution < -0.4 is 5.32 Å². The SMILES string of the molecule is Cc1nn(Cc2ccc(Cl)cc2F)c2c1CCN(C(=O)CC1CCOCC1)C2.Cc1nn(Cc2ccc(Cl)cc2F)c2c1CCNC2.Cl.O=C(O)CC1CCOCC1. The number of carboxylic acids is 1. The molecule has 8 rings (SSSR count). The van der Waals surface area contributed by atoms with E-state index in [4.69, 9.17) is 37.8 Å². The number of hydrogen-bond acceptors (Lipinski definition) is 7. The highest BCUT2D eigenvalue weighted by molar-refractivity contribution is 6.30. The fraction of sp³-hybridized carbons (Fsp3) is 0.524. The van der Waals surface area contributed by atoms with Gasteiger partial charge in [-0.2, -0.15) is 10.2 Å². The molecule has 0 unspecified atom stereocenters. The molecule has 2 saturated heterocycles. The van der Waals surface area contributed by atoms with Crippen LogP contribution in [0.25, 0.3) is 0 Å². The van der Waals surface area contributed by atoms with Crippen molar-refractivity contribution in [3.05, 3.63) is 103 Å². The van der Waals surface area contributed by atoms with Gasteiger partial charge in [-0.3, -0.25) is 19.0 Å². The number of carboxylic acid groups (broad SMARTS) is 1. The normalized spacial score (nSPS) is 16.8. The van der Waals surface area contributed by atoms with Gasteiger partial charge in [-0.05, 0) is 106 Å². The number of hydrogen-bond donors (Lipinski definition) is 2. The Morgan fingerprint density at radius 2 is 1.29 bits per heavy atom. The van der Waals surface area contributed by atoms with E-state index in [1.54, 1.807) is 24.3 Å². The lowest BCUT2D eigenvalue weighted by molar-refractivity contribution is -0.139. The first-order chi connectivity index (χ1) is 27.4. The maximum absolute atomic E-state index is 14.2. The number of halogens is 5. The van der Waals surface area contributed by atoms with Crippen molar-refractivity contribution in [2.75, 3.05) is 39.5 Å². The molecule has 0 atom stereocenters. The first-order valence-corrected chi connectivity index (χ1v) is 20.5. The van der Waals surface area contributed by atoms with Gasteiger partial charge in [0.1, 0.15) is 11.6 Å². The number of benzene rings is 2. The van der Waals surface area contributed by atoms with E-state index in [1.807, 2.05) is 28.1 Å². The van der Waals surface area contributed by atoms with Gasteiger partial charge in [-0.25, -0.2) is 8.78 Å². The monoisotopic (exact) mass is 864 g/mol. The van der Waals surface area contributed by atoms with Crippen LogP contribution in [0.2, 0.25) is 10.0 Å². The molecule has 0 bridgehead atoms. The zero-order valence-electron chi connectivity index (χ0n) is 33.1. The number of carbonyl (C=O) groups is 2. The molecule has 316 valence electrons. The summed E-state index contributed by atoms with van der Waals surface area (Å²) in [5.41, 5.74) is 7.82. The van der Waals surface area contributed by atoms with Crippen molar-refractivity contribution in [1.82, 2.24) is 29.8 Å². The number of fused-ring (bicyclic) bond motifs is 2. The molecule has 0 aliphatic carbocycles. The second-order valence-electron chi connectivity index (χ2n) is 15.2. The van der Waals surface area contributed by atoms with E-state index in [0.717, 1.165) is 107 Å². The second-order valence-corrected chi connectivity index (χ2v) is 16.1. The van der Waals surface area contributed by atoms with Crippen LogP contribution in [-0.2, 0) is 58.1 Å². The Bertz CT molecular complexity index is 2010. The van der Waals surface area contributed by atoms with Crippen LogP contribution in [0, 0.1) is 37.3 Å². The summed E-state index contributed by atoms with van der Waals surface area (Å²) in [6.45, 7) is 10.8. The maximum Gasteiger partial charge on any atom is 0.303 e. The number of aliphatic carboxylic acids is 1. The van der Waals surface area contributed by atoms with E-state index in [9.17, 15) is 18.4 Å². The third-order valence-corrected chi connectivity index (χ3v) is 11.7. The molecule has 6 heterocycles. The van der Waals surface area contributed by atoms with Crippen LogP contribution in [0.1, 0.15) is 83.6 Å². The number of aromatic nitrogens is 4. The van der Waals surface area contributed by atoms with Crippen molar-refractivity contribution >= 4 is 47.5 Å². The van der Waals surface area contributed by atoms with Crippen LogP contribution in [0.5, 0.6) is 0 Å². The van der Waals surface area contributed by atoms with Crippen molar-refractivity contribution in [1.29, 1.82) is 0 Å². The second kappa shape index (κ2) is 21.6. The molecule has 0 saturated carbocycles. The molecule has 2 aromatic heterocycles. The number of nitrogens with zero attached hydrogens (tertiary/aromatic N) is 5. The van der Waals surface area contributed by atoms with Gasteiger partial charge in [-0.15, -0.1) is 12.4 Å². The molecule has 4 aliphatic rings. The van der Waals surface area contributed by atoms with Gasteiger partial charge in [-0.1, -0.05) is 35.3 Å². The Hall–Kier alpha value is -3.59. The molecule has 2 N–H and O–H groups in total. The minimum atomic E-state index is -0.688. The molecule has 0 spiro atoms. The zero-order chi connectivity index (χ0) is 40.5. The third kappa shape index (κ3) is 12.2. The highest BCUT2D eigenvalue weighted by Gasteiger charge is 2.28. The van der Waals surface area contributed by atoms with Crippen molar-refractivity contribution in [3.8, 4) is 0 Å². The average Bonchev–Trinajstić information content (AvgIpc) is 3.69. The molecule has 4 aromatic rings. The summed E-state index contributed by atoms with van der Waals surface area (Å²) in [6, 6.07) is 9.48. The predicted molar refractivity (Wildman–Crippen MR) is 221 cm³/mol. The zero-order valence-corrected chi connectivity index (χ0v) is 35.4. The van der Waals surface area contributed by atoms with Gasteiger partial charge in [0.15, 0.2) is 0 Å². The molecule has 2 fully saturated rings. The first kappa shape index (κ1) is 45.5. The topological polar surface area (TPSA) is 124 Å². The number of carbonyl (C=O) groups excluding carboxylic acids is 1. The average molecular weight is 866 g/mol. The molecule has 16 heteroatoms. The summed E-state index contributed by atoms with van der Waals surface area (Å²) in [7, 11) is 0. The lowest BCUT2D eigenvalue weighted by atomic mass is 9.95. The maximum atomic E-state index is 14.2. The van der Waals surface area contributed by atoms with E-state index in [0.29, 0.717) is 65.5 Å². The Labute approximate surface area is 354 Å². The van der Waals surface area contributed by atoms with E-state index in [1.165, 1.54) is 23.3 Å². The first-order valence-electron chi connectivity index (χ1n) is 19.8. The quantitative estimate of drug-likeness (QED) is 0.185. The summed E-state index contributed by atoms with van der Waals surface area (Å²) >= 11 is 11.6. The van der Waals surface area contributed by atoms with Crippen LogP contribution in [-0.4, -0.2) is 81.0 Å². The molecule has 1 amide bonds. The number of ether oxygens (including phenoxy) is 2. The lowest BCUT2D eigenvalue weighted by Gasteiger charge is -2.30. The molecule has 0 radical (unpaired) electrons. The van der Waals surface area contributed by atoms with Crippen molar-refractivity contribution < 1.29 is 33.0 Å². The number of amides is 1. The summed E-state index contributed by atoms with van der Waals surface area (Å²) in [5, 5.41) is 21.7. The van der Waals surface area contributed by atoms with E-state index in [2.05, 4.69) is 15.5 Å². The van der Waals surface area contributed by atoms with Crippen LogP contribution in [0.4, 0.5) is 8.78 Å². The largest absolute Gasteiger partial charge is 0.481 e. The summed E-state index contributed by atoms with van der Waals surface area (Å²) in [6.07, 6.45) is 6.41. The summed E-state index contributed by atoms with van der Waals surface area (Å²) in [4.78, 5) is 25.0. The van der Waals surface area contributed by atoms with Crippen LogP contribution in [0.15, 0.2) is 36.4 Å². The number of nitrogens with one attached hydrogen (secondary N) is 1. The molecular weight excluding hydrogens is 813 g/mol. The van der Waals surface area contributed by atoms with E-state index in [-0.39, 0.29) is 29.9 Å². The Kier molecular flexibility index (Phi) is 16.9. The van der Waals surface area contributed by atoms with Crippen LogP contribution in [0.3, 0.4) is 0 Å². The van der Waals surface area contributed by atoms with Crippen LogP contribution >= 0.6 is 35.6 Å². The molecular formula is C42H53Cl3F2N6O5. The van der Waals surface area contributed by atoms with Crippen molar-refractivity contribution in [2.45, 2.75) is 91.4 Å². The molecule has 58 heavy (non-hydrogen) atoms. The summed E-state index contributed by atoms with van der Waals surface area (Å²) < 4.78 is 42.3. The predicted octanol–water partition coefficient (Wildman–Crippen LogP) is 7.72. The standard InChI is InChI=1S/C21H25ClFN3O2.C14H15ClFN3.C7H12O3.ClH/c1-14-18-4-7-25(21(27)10-15-5-8-28-9-6-15)13-20(18)26(24-14)12-16-2-3-17(22)11-19(16)23;1-9-12-4-5-17-7-14(12)19(18-9)8-10-2-3-11(15)6-13(10)16;8-7(9)5-6-1-3-10-4-2-6;/h2-3,11,15H,4-10,12-13H2,1H3;2-3,6,17H,4-5,7-8H2,1H3;6H,1-5H2,(H,8,9);1H.